The van der Waals surface area contributed by atoms with Crippen LogP contribution in [0.2, 0.25) is 0 Å². The molecule has 5 aromatic rings. The van der Waals surface area contributed by atoms with Crippen LogP contribution in [-0.4, -0.2) is 14.5 Å². The smallest absolute Gasteiger partial charge is 0.145 e. The number of rotatable bonds is 3. The lowest BCUT2D eigenvalue weighted by Crippen LogP contribution is -1.91. The third kappa shape index (κ3) is 2.93. The van der Waals surface area contributed by atoms with Gasteiger partial charge in [0.05, 0.1) is 5.69 Å². The lowest BCUT2D eigenvalue weighted by Gasteiger charge is -2.09. The number of aromatic hydroxyl groups is 1. The van der Waals surface area contributed by atoms with Crippen molar-refractivity contribution in [2.45, 2.75) is 0 Å². The molecule has 2 aromatic heterocycles. The third-order valence-electron chi connectivity index (χ3n) is 4.91. The molecule has 0 fully saturated rings. The van der Waals surface area contributed by atoms with E-state index in [1.807, 2.05) is 48.5 Å². The van der Waals surface area contributed by atoms with Crippen molar-refractivity contribution in [2.24, 2.45) is 0 Å². The van der Waals surface area contributed by atoms with Gasteiger partial charge in [-0.2, -0.15) is 0 Å². The number of imidazole rings is 1. The molecule has 0 aliphatic heterocycles. The van der Waals surface area contributed by atoms with Crippen LogP contribution in [0.15, 0.2) is 103 Å². The van der Waals surface area contributed by atoms with E-state index in [2.05, 4.69) is 47.1 Å². The van der Waals surface area contributed by atoms with Crippen molar-refractivity contribution < 1.29 is 5.11 Å². The highest BCUT2D eigenvalue weighted by Crippen LogP contribution is 2.32. The van der Waals surface area contributed by atoms with Gasteiger partial charge in [0.1, 0.15) is 11.4 Å². The molecule has 1 N–H and O–H groups in total. The summed E-state index contributed by atoms with van der Waals surface area (Å²) in [6, 6.07) is 30.0. The van der Waals surface area contributed by atoms with Crippen LogP contribution in [0.3, 0.4) is 0 Å². The summed E-state index contributed by atoms with van der Waals surface area (Å²) in [6.07, 6.45) is 4.16. The van der Waals surface area contributed by atoms with Gasteiger partial charge in [-0.25, -0.2) is 4.98 Å². The molecule has 28 heavy (non-hydrogen) atoms. The topological polar surface area (TPSA) is 37.5 Å². The summed E-state index contributed by atoms with van der Waals surface area (Å²) in [5.41, 5.74) is 7.28. The standard InChI is InChI=1S/C25H18N2O/c28-22-13-11-18(12-14-22)21-15-23(19-7-3-1-4-8-19)25-26-24(17-27(25)16-21)20-9-5-2-6-10-20/h1-17,28H. The first-order valence-corrected chi connectivity index (χ1v) is 9.21. The van der Waals surface area contributed by atoms with E-state index in [0.717, 1.165) is 39.2 Å². The summed E-state index contributed by atoms with van der Waals surface area (Å²) in [5.74, 6) is 0.266. The van der Waals surface area contributed by atoms with Crippen LogP contribution in [0.5, 0.6) is 5.75 Å². The number of benzene rings is 3. The molecule has 3 aromatic carbocycles. The van der Waals surface area contributed by atoms with E-state index in [1.54, 1.807) is 12.1 Å². The van der Waals surface area contributed by atoms with Crippen LogP contribution in [0.1, 0.15) is 0 Å². The van der Waals surface area contributed by atoms with Gasteiger partial charge in [0.2, 0.25) is 0 Å². The second-order valence-electron chi connectivity index (χ2n) is 6.78. The Labute approximate surface area is 163 Å². The SMILES string of the molecule is Oc1ccc(-c2cc(-c3ccccc3)c3nc(-c4ccccc4)cn3c2)cc1. The second-order valence-corrected chi connectivity index (χ2v) is 6.78. The van der Waals surface area contributed by atoms with E-state index in [4.69, 9.17) is 4.98 Å². The van der Waals surface area contributed by atoms with Gasteiger partial charge in [0, 0.05) is 23.5 Å². The highest BCUT2D eigenvalue weighted by molar-refractivity contribution is 5.84. The van der Waals surface area contributed by atoms with Gasteiger partial charge in [-0.3, -0.25) is 0 Å². The van der Waals surface area contributed by atoms with Gasteiger partial charge in [-0.15, -0.1) is 0 Å². The fourth-order valence-corrected chi connectivity index (χ4v) is 3.49. The van der Waals surface area contributed by atoms with E-state index in [0.29, 0.717) is 0 Å². The summed E-state index contributed by atoms with van der Waals surface area (Å²) in [5, 5.41) is 9.62. The number of phenolic OH excluding ortho intramolecular Hbond substituents is 1. The normalized spacial score (nSPS) is 11.0. The molecular formula is C25H18N2O. The molecule has 134 valence electrons. The van der Waals surface area contributed by atoms with Crippen molar-refractivity contribution in [3.05, 3.63) is 103 Å². The summed E-state index contributed by atoms with van der Waals surface area (Å²) in [6.45, 7) is 0. The molecule has 0 aliphatic carbocycles. The zero-order chi connectivity index (χ0) is 18.9. The fraction of sp³-hybridized carbons (Fsp3) is 0. The number of hydrogen-bond donors (Lipinski definition) is 1. The lowest BCUT2D eigenvalue weighted by atomic mass is 10.0. The van der Waals surface area contributed by atoms with E-state index in [1.165, 1.54) is 0 Å². The molecule has 0 spiro atoms. The van der Waals surface area contributed by atoms with Crippen molar-refractivity contribution in [1.29, 1.82) is 0 Å². The Morgan fingerprint density at radius 1 is 0.607 bits per heavy atom. The van der Waals surface area contributed by atoms with Crippen LogP contribution in [0.25, 0.3) is 39.2 Å². The predicted octanol–water partition coefficient (Wildman–Crippen LogP) is 6.04. The molecule has 0 saturated carbocycles. The van der Waals surface area contributed by atoms with E-state index in [-0.39, 0.29) is 5.75 Å². The van der Waals surface area contributed by atoms with Crippen LogP contribution in [0.4, 0.5) is 0 Å². The van der Waals surface area contributed by atoms with E-state index in [9.17, 15) is 5.11 Å². The maximum atomic E-state index is 9.62. The van der Waals surface area contributed by atoms with Gasteiger partial charge < -0.3 is 9.51 Å². The highest BCUT2D eigenvalue weighted by atomic mass is 16.3. The number of aromatic nitrogens is 2. The first-order chi connectivity index (χ1) is 13.8. The number of fused-ring (bicyclic) bond motifs is 1. The average Bonchev–Trinajstić information content (AvgIpc) is 3.19. The summed E-state index contributed by atoms with van der Waals surface area (Å²) in [7, 11) is 0. The van der Waals surface area contributed by atoms with Crippen molar-refractivity contribution >= 4 is 5.65 Å². The molecule has 5 rings (SSSR count). The zero-order valence-corrected chi connectivity index (χ0v) is 15.2. The van der Waals surface area contributed by atoms with Crippen LogP contribution < -0.4 is 0 Å². The molecule has 3 heteroatoms. The predicted molar refractivity (Wildman–Crippen MR) is 113 cm³/mol. The fourth-order valence-electron chi connectivity index (χ4n) is 3.49. The van der Waals surface area contributed by atoms with Crippen LogP contribution in [0, 0.1) is 0 Å². The summed E-state index contributed by atoms with van der Waals surface area (Å²) >= 11 is 0. The highest BCUT2D eigenvalue weighted by Gasteiger charge is 2.12. The maximum Gasteiger partial charge on any atom is 0.145 e. The number of phenols is 1. The summed E-state index contributed by atoms with van der Waals surface area (Å²) in [4.78, 5) is 4.93. The Morgan fingerprint density at radius 3 is 1.93 bits per heavy atom. The van der Waals surface area contributed by atoms with Gasteiger partial charge in [-0.05, 0) is 34.9 Å². The first kappa shape index (κ1) is 16.3. The Kier molecular flexibility index (Phi) is 3.91. The largest absolute Gasteiger partial charge is 0.508 e. The van der Waals surface area contributed by atoms with Crippen LogP contribution in [-0.2, 0) is 0 Å². The molecule has 2 heterocycles. The molecule has 0 saturated heterocycles. The molecule has 0 amide bonds. The molecular weight excluding hydrogens is 344 g/mol. The minimum absolute atomic E-state index is 0.266. The van der Waals surface area contributed by atoms with Gasteiger partial charge >= 0.3 is 0 Å². The Balaban J connectivity index is 1.76. The Hall–Kier alpha value is -3.85. The molecule has 3 nitrogen and oxygen atoms in total. The van der Waals surface area contributed by atoms with Crippen molar-refractivity contribution in [3.63, 3.8) is 0 Å². The molecule has 0 bridgehead atoms. The van der Waals surface area contributed by atoms with Crippen molar-refractivity contribution in [3.8, 4) is 39.3 Å². The first-order valence-electron chi connectivity index (χ1n) is 9.21. The molecule has 0 unspecified atom stereocenters. The molecule has 0 atom stereocenters. The summed E-state index contributed by atoms with van der Waals surface area (Å²) < 4.78 is 2.09. The quantitative estimate of drug-likeness (QED) is 0.425. The van der Waals surface area contributed by atoms with Gasteiger partial charge in [-0.1, -0.05) is 72.8 Å². The Bertz CT molecular complexity index is 1240. The Morgan fingerprint density at radius 2 is 1.25 bits per heavy atom. The minimum atomic E-state index is 0.266. The molecule has 0 radical (unpaired) electrons. The number of hydrogen-bond acceptors (Lipinski definition) is 2. The van der Waals surface area contributed by atoms with Crippen LogP contribution >= 0.6 is 0 Å². The van der Waals surface area contributed by atoms with Crippen molar-refractivity contribution in [2.75, 3.05) is 0 Å². The van der Waals surface area contributed by atoms with Gasteiger partial charge in [0.15, 0.2) is 0 Å². The van der Waals surface area contributed by atoms with Crippen molar-refractivity contribution in [1.82, 2.24) is 9.38 Å². The number of pyridine rings is 1. The second kappa shape index (κ2) is 6.71. The van der Waals surface area contributed by atoms with E-state index < -0.39 is 0 Å². The lowest BCUT2D eigenvalue weighted by molar-refractivity contribution is 0.475. The number of nitrogens with zero attached hydrogens (tertiary/aromatic N) is 2. The molecule has 0 aliphatic rings. The zero-order valence-electron chi connectivity index (χ0n) is 15.2. The maximum absolute atomic E-state index is 9.62. The third-order valence-corrected chi connectivity index (χ3v) is 4.91. The minimum Gasteiger partial charge on any atom is -0.508 e. The monoisotopic (exact) mass is 362 g/mol. The van der Waals surface area contributed by atoms with E-state index >= 15 is 0 Å². The van der Waals surface area contributed by atoms with Gasteiger partial charge in [0.25, 0.3) is 0 Å². The average molecular weight is 362 g/mol.